The molecule has 0 unspecified atom stereocenters. The van der Waals surface area contributed by atoms with Gasteiger partial charge in [-0.05, 0) is 36.8 Å². The van der Waals surface area contributed by atoms with Crippen LogP contribution in [0.15, 0.2) is 52.9 Å². The first-order chi connectivity index (χ1) is 15.1. The van der Waals surface area contributed by atoms with Crippen LogP contribution in [0.1, 0.15) is 23.7 Å². The van der Waals surface area contributed by atoms with E-state index >= 15 is 0 Å². The standard InChI is InChI=1S/C22H22FN3O4S/c1-3-29-21(27)11-17-14-31-22(25-17)26-24-12-15-8-9-19(20(10-15)28-2)30-13-16-6-4-5-7-18(16)23/h4-10,12,14H,3,11,13H2,1-2H3,(H,25,26)/b24-12+. The number of carbonyl (C=O) groups is 1. The van der Waals surface area contributed by atoms with Gasteiger partial charge < -0.3 is 14.2 Å². The number of halogens is 1. The van der Waals surface area contributed by atoms with Crippen LogP contribution in [-0.4, -0.2) is 30.9 Å². The van der Waals surface area contributed by atoms with E-state index in [1.807, 2.05) is 0 Å². The van der Waals surface area contributed by atoms with Crippen molar-refractivity contribution in [2.45, 2.75) is 20.0 Å². The Morgan fingerprint density at radius 1 is 1.26 bits per heavy atom. The lowest BCUT2D eigenvalue weighted by Gasteiger charge is -2.11. The third kappa shape index (κ3) is 6.51. The van der Waals surface area contributed by atoms with Crippen molar-refractivity contribution in [3.8, 4) is 11.5 Å². The molecule has 31 heavy (non-hydrogen) atoms. The predicted molar refractivity (Wildman–Crippen MR) is 117 cm³/mol. The summed E-state index contributed by atoms with van der Waals surface area (Å²) in [4.78, 5) is 15.8. The van der Waals surface area contributed by atoms with Gasteiger partial charge in [-0.25, -0.2) is 9.37 Å². The maximum Gasteiger partial charge on any atom is 0.311 e. The van der Waals surface area contributed by atoms with E-state index < -0.39 is 0 Å². The lowest BCUT2D eigenvalue weighted by Crippen LogP contribution is -2.07. The number of hydrogen-bond donors (Lipinski definition) is 1. The Balaban J connectivity index is 1.58. The molecule has 0 aliphatic heterocycles. The summed E-state index contributed by atoms with van der Waals surface area (Å²) in [6.45, 7) is 2.20. The second-order valence-corrected chi connectivity index (χ2v) is 7.14. The van der Waals surface area contributed by atoms with Gasteiger partial charge in [-0.3, -0.25) is 10.2 Å². The number of nitrogens with one attached hydrogen (secondary N) is 1. The molecule has 162 valence electrons. The maximum absolute atomic E-state index is 13.8. The van der Waals surface area contributed by atoms with Gasteiger partial charge in [-0.15, -0.1) is 11.3 Å². The van der Waals surface area contributed by atoms with E-state index in [9.17, 15) is 9.18 Å². The van der Waals surface area contributed by atoms with Crippen molar-refractivity contribution in [3.63, 3.8) is 0 Å². The number of esters is 1. The highest BCUT2D eigenvalue weighted by molar-refractivity contribution is 7.13. The molecule has 0 fully saturated rings. The molecule has 3 aromatic rings. The fourth-order valence-electron chi connectivity index (χ4n) is 2.62. The van der Waals surface area contributed by atoms with Gasteiger partial charge in [0, 0.05) is 10.9 Å². The smallest absolute Gasteiger partial charge is 0.311 e. The highest BCUT2D eigenvalue weighted by atomic mass is 32.1. The lowest BCUT2D eigenvalue weighted by atomic mass is 10.2. The van der Waals surface area contributed by atoms with Crippen molar-refractivity contribution in [2.24, 2.45) is 5.10 Å². The third-order valence-corrected chi connectivity index (χ3v) is 4.88. The molecule has 9 heteroatoms. The van der Waals surface area contributed by atoms with Crippen molar-refractivity contribution in [3.05, 3.63) is 70.5 Å². The van der Waals surface area contributed by atoms with E-state index in [4.69, 9.17) is 14.2 Å². The van der Waals surface area contributed by atoms with Crippen molar-refractivity contribution < 1.29 is 23.4 Å². The number of rotatable bonds is 10. The summed E-state index contributed by atoms with van der Waals surface area (Å²) in [5.41, 5.74) is 4.69. The molecule has 0 saturated heterocycles. The quantitative estimate of drug-likeness (QED) is 0.284. The predicted octanol–water partition coefficient (Wildman–Crippen LogP) is 4.42. The molecule has 0 spiro atoms. The highest BCUT2D eigenvalue weighted by Crippen LogP contribution is 2.28. The van der Waals surface area contributed by atoms with Gasteiger partial charge in [0.1, 0.15) is 12.4 Å². The number of aromatic nitrogens is 1. The molecule has 0 atom stereocenters. The summed E-state index contributed by atoms with van der Waals surface area (Å²) in [5, 5.41) is 6.50. The first kappa shape index (κ1) is 22.2. The van der Waals surface area contributed by atoms with Crippen molar-refractivity contribution in [1.82, 2.24) is 4.98 Å². The fraction of sp³-hybridized carbons (Fsp3) is 0.227. The molecule has 7 nitrogen and oxygen atoms in total. The number of hydrazone groups is 1. The molecule has 0 bridgehead atoms. The van der Waals surface area contributed by atoms with E-state index in [0.717, 1.165) is 5.56 Å². The summed E-state index contributed by atoms with van der Waals surface area (Å²) in [6, 6.07) is 11.8. The van der Waals surface area contributed by atoms with Crippen LogP contribution in [0.2, 0.25) is 0 Å². The molecule has 1 N–H and O–H groups in total. The minimum absolute atomic E-state index is 0.0935. The van der Waals surface area contributed by atoms with Gasteiger partial charge in [-0.2, -0.15) is 5.10 Å². The summed E-state index contributed by atoms with van der Waals surface area (Å²) in [5.74, 6) is 0.377. The molecule has 0 radical (unpaired) electrons. The topological polar surface area (TPSA) is 82.0 Å². The number of benzene rings is 2. The number of thiazole rings is 1. The van der Waals surface area contributed by atoms with Crippen LogP contribution in [0, 0.1) is 5.82 Å². The Labute approximate surface area is 183 Å². The fourth-order valence-corrected chi connectivity index (χ4v) is 3.28. The Hall–Kier alpha value is -3.46. The minimum atomic E-state index is -0.316. The Morgan fingerprint density at radius 2 is 2.10 bits per heavy atom. The average molecular weight is 444 g/mol. The number of nitrogens with zero attached hydrogens (tertiary/aromatic N) is 2. The largest absolute Gasteiger partial charge is 0.493 e. The third-order valence-electron chi connectivity index (χ3n) is 4.09. The number of methoxy groups -OCH3 is 1. The van der Waals surface area contributed by atoms with Crippen LogP contribution in [0.25, 0.3) is 0 Å². The number of anilines is 1. The molecule has 3 rings (SSSR count). The normalized spacial score (nSPS) is 10.8. The molecule has 0 aliphatic rings. The molecule has 1 heterocycles. The molecule has 0 saturated carbocycles. The van der Waals surface area contributed by atoms with E-state index in [1.165, 1.54) is 24.5 Å². The van der Waals surface area contributed by atoms with Crippen molar-refractivity contribution in [1.29, 1.82) is 0 Å². The Bertz CT molecular complexity index is 1050. The molecule has 2 aromatic carbocycles. The number of carbonyl (C=O) groups excluding carboxylic acids is 1. The average Bonchev–Trinajstić information content (AvgIpc) is 3.20. The minimum Gasteiger partial charge on any atom is -0.493 e. The Morgan fingerprint density at radius 3 is 2.87 bits per heavy atom. The van der Waals surface area contributed by atoms with Crippen LogP contribution in [-0.2, 0) is 22.6 Å². The van der Waals surface area contributed by atoms with Crippen molar-refractivity contribution >= 4 is 28.7 Å². The Kier molecular flexibility index (Phi) is 7.94. The van der Waals surface area contributed by atoms with E-state index in [-0.39, 0.29) is 24.8 Å². The van der Waals surface area contributed by atoms with Gasteiger partial charge >= 0.3 is 5.97 Å². The van der Waals surface area contributed by atoms with E-state index in [2.05, 4.69) is 15.5 Å². The number of ether oxygens (including phenoxy) is 3. The summed E-state index contributed by atoms with van der Waals surface area (Å²) in [6.07, 6.45) is 1.73. The number of hydrogen-bond acceptors (Lipinski definition) is 8. The van der Waals surface area contributed by atoms with E-state index in [0.29, 0.717) is 34.5 Å². The van der Waals surface area contributed by atoms with Gasteiger partial charge in [0.2, 0.25) is 5.13 Å². The molecule has 0 aliphatic carbocycles. The molecule has 0 amide bonds. The van der Waals surface area contributed by atoms with Gasteiger partial charge in [0.25, 0.3) is 0 Å². The second-order valence-electron chi connectivity index (χ2n) is 6.29. The van der Waals surface area contributed by atoms with Gasteiger partial charge in [0.15, 0.2) is 11.5 Å². The van der Waals surface area contributed by atoms with Crippen LogP contribution < -0.4 is 14.9 Å². The maximum atomic E-state index is 13.8. The van der Waals surface area contributed by atoms with E-state index in [1.54, 1.807) is 54.9 Å². The zero-order valence-corrected chi connectivity index (χ0v) is 17.9. The molecule has 1 aromatic heterocycles. The van der Waals surface area contributed by atoms with Crippen LogP contribution in [0.3, 0.4) is 0 Å². The molecular formula is C22H22FN3O4S. The van der Waals surface area contributed by atoms with Gasteiger partial charge in [0.05, 0.1) is 32.0 Å². The highest BCUT2D eigenvalue weighted by Gasteiger charge is 2.09. The molecular weight excluding hydrogens is 421 g/mol. The van der Waals surface area contributed by atoms with Crippen LogP contribution >= 0.6 is 11.3 Å². The zero-order chi connectivity index (χ0) is 22.1. The van der Waals surface area contributed by atoms with Crippen LogP contribution in [0.5, 0.6) is 11.5 Å². The SMILES string of the molecule is CCOC(=O)Cc1csc(N/N=C/c2ccc(OCc3ccccc3F)c(OC)c2)n1. The second kappa shape index (κ2) is 11.1. The first-order valence-corrected chi connectivity index (χ1v) is 10.4. The lowest BCUT2D eigenvalue weighted by molar-refractivity contribution is -0.142. The zero-order valence-electron chi connectivity index (χ0n) is 17.1. The first-order valence-electron chi connectivity index (χ1n) is 9.52. The van der Waals surface area contributed by atoms with Gasteiger partial charge in [-0.1, -0.05) is 18.2 Å². The van der Waals surface area contributed by atoms with Crippen LogP contribution in [0.4, 0.5) is 9.52 Å². The van der Waals surface area contributed by atoms with Crippen molar-refractivity contribution in [2.75, 3.05) is 19.1 Å². The summed E-state index contributed by atoms with van der Waals surface area (Å²) >= 11 is 1.34. The summed E-state index contributed by atoms with van der Waals surface area (Å²) < 4.78 is 29.7. The monoisotopic (exact) mass is 443 g/mol. The summed E-state index contributed by atoms with van der Waals surface area (Å²) in [7, 11) is 1.53.